The molecule has 138 valence electrons. The second-order valence-electron chi connectivity index (χ2n) is 5.89. The van der Waals surface area contributed by atoms with Crippen molar-refractivity contribution < 1.29 is 19.0 Å². The Labute approximate surface area is 159 Å². The van der Waals surface area contributed by atoms with Crippen molar-refractivity contribution in [3.05, 3.63) is 52.4 Å². The normalized spacial score (nSPS) is 15.1. The number of nitrogens with zero attached hydrogens (tertiary/aromatic N) is 3. The van der Waals surface area contributed by atoms with E-state index in [9.17, 15) is 9.18 Å². The Bertz CT molecular complexity index is 782. The quantitative estimate of drug-likeness (QED) is 0.800. The zero-order valence-electron chi connectivity index (χ0n) is 14.1. The fourth-order valence-electron chi connectivity index (χ4n) is 2.78. The van der Waals surface area contributed by atoms with E-state index in [4.69, 9.17) is 9.84 Å². The van der Waals surface area contributed by atoms with E-state index in [1.165, 1.54) is 18.2 Å². The van der Waals surface area contributed by atoms with Crippen LogP contribution in [-0.4, -0.2) is 65.1 Å². The monoisotopic (exact) mass is 423 g/mol. The summed E-state index contributed by atoms with van der Waals surface area (Å²) in [6.45, 7) is 3.31. The van der Waals surface area contributed by atoms with Crippen molar-refractivity contribution >= 4 is 21.8 Å². The van der Waals surface area contributed by atoms with Crippen LogP contribution in [0.2, 0.25) is 0 Å². The molecule has 2 heterocycles. The van der Waals surface area contributed by atoms with E-state index in [-0.39, 0.29) is 24.2 Å². The summed E-state index contributed by atoms with van der Waals surface area (Å²) in [6.07, 6.45) is 1.54. The molecule has 0 aliphatic carbocycles. The average Bonchev–Trinajstić information content (AvgIpc) is 2.65. The highest BCUT2D eigenvalue weighted by Crippen LogP contribution is 2.31. The SMILES string of the molecule is O=C(c1cccnc1Oc1ccc(F)cc1Br)N1CCN(CCO)CC1. The van der Waals surface area contributed by atoms with E-state index in [0.29, 0.717) is 48.5 Å². The summed E-state index contributed by atoms with van der Waals surface area (Å²) < 4.78 is 19.4. The third-order valence-corrected chi connectivity index (χ3v) is 4.80. The molecule has 26 heavy (non-hydrogen) atoms. The molecule has 1 aromatic carbocycles. The third kappa shape index (κ3) is 4.38. The number of carbonyl (C=O) groups is 1. The molecule has 1 amide bonds. The van der Waals surface area contributed by atoms with Crippen LogP contribution in [0.5, 0.6) is 11.6 Å². The van der Waals surface area contributed by atoms with Gasteiger partial charge in [-0.15, -0.1) is 0 Å². The van der Waals surface area contributed by atoms with Gasteiger partial charge in [-0.2, -0.15) is 0 Å². The number of amides is 1. The summed E-state index contributed by atoms with van der Waals surface area (Å²) in [5.74, 6) is 0.0202. The number of carbonyl (C=O) groups excluding carboxylic acids is 1. The van der Waals surface area contributed by atoms with Crippen molar-refractivity contribution in [2.24, 2.45) is 0 Å². The van der Waals surface area contributed by atoms with Crippen LogP contribution in [-0.2, 0) is 0 Å². The molecule has 0 saturated carbocycles. The molecule has 0 radical (unpaired) electrons. The summed E-state index contributed by atoms with van der Waals surface area (Å²) in [5.41, 5.74) is 0.360. The van der Waals surface area contributed by atoms with E-state index in [1.54, 1.807) is 23.2 Å². The molecule has 2 aromatic rings. The van der Waals surface area contributed by atoms with Crippen molar-refractivity contribution in [1.29, 1.82) is 0 Å². The number of aliphatic hydroxyl groups excluding tert-OH is 1. The largest absolute Gasteiger partial charge is 0.437 e. The van der Waals surface area contributed by atoms with E-state index < -0.39 is 0 Å². The summed E-state index contributed by atoms with van der Waals surface area (Å²) in [5, 5.41) is 9.01. The number of ether oxygens (including phenoxy) is 1. The molecular formula is C18H19BrFN3O3. The van der Waals surface area contributed by atoms with Crippen LogP contribution in [0, 0.1) is 5.82 Å². The van der Waals surface area contributed by atoms with Crippen LogP contribution in [0.3, 0.4) is 0 Å². The van der Waals surface area contributed by atoms with Gasteiger partial charge in [0.05, 0.1) is 11.1 Å². The first kappa shape index (κ1) is 18.8. The topological polar surface area (TPSA) is 65.9 Å². The van der Waals surface area contributed by atoms with E-state index >= 15 is 0 Å². The zero-order valence-corrected chi connectivity index (χ0v) is 15.7. The predicted octanol–water partition coefficient (Wildman–Crippen LogP) is 2.53. The molecule has 8 heteroatoms. The molecule has 1 saturated heterocycles. The van der Waals surface area contributed by atoms with Gasteiger partial charge in [0.15, 0.2) is 0 Å². The Morgan fingerprint density at radius 3 is 2.73 bits per heavy atom. The lowest BCUT2D eigenvalue weighted by molar-refractivity contribution is 0.0612. The van der Waals surface area contributed by atoms with Gasteiger partial charge in [-0.3, -0.25) is 9.69 Å². The highest BCUT2D eigenvalue weighted by Gasteiger charge is 2.25. The van der Waals surface area contributed by atoms with Gasteiger partial charge in [0.1, 0.15) is 17.1 Å². The van der Waals surface area contributed by atoms with Gasteiger partial charge in [-0.05, 0) is 46.3 Å². The van der Waals surface area contributed by atoms with Crippen molar-refractivity contribution in [3.8, 4) is 11.6 Å². The fraction of sp³-hybridized carbons (Fsp3) is 0.333. The molecule has 0 atom stereocenters. The van der Waals surface area contributed by atoms with Crippen molar-refractivity contribution in [2.45, 2.75) is 0 Å². The minimum Gasteiger partial charge on any atom is -0.437 e. The van der Waals surface area contributed by atoms with Gasteiger partial charge in [-0.25, -0.2) is 9.37 Å². The maximum Gasteiger partial charge on any atom is 0.259 e. The number of benzene rings is 1. The number of aromatic nitrogens is 1. The van der Waals surface area contributed by atoms with Crippen molar-refractivity contribution in [3.63, 3.8) is 0 Å². The number of pyridine rings is 1. The molecule has 0 unspecified atom stereocenters. The smallest absolute Gasteiger partial charge is 0.259 e. The Balaban J connectivity index is 1.75. The Hall–Kier alpha value is -2.03. The minimum absolute atomic E-state index is 0.112. The number of piperazine rings is 1. The third-order valence-electron chi connectivity index (χ3n) is 4.18. The first-order valence-electron chi connectivity index (χ1n) is 8.29. The van der Waals surface area contributed by atoms with Crippen LogP contribution in [0.4, 0.5) is 4.39 Å². The highest BCUT2D eigenvalue weighted by atomic mass is 79.9. The second kappa shape index (κ2) is 8.57. The van der Waals surface area contributed by atoms with Gasteiger partial charge >= 0.3 is 0 Å². The zero-order chi connectivity index (χ0) is 18.5. The summed E-state index contributed by atoms with van der Waals surface area (Å²) in [4.78, 5) is 20.9. The Morgan fingerprint density at radius 2 is 2.04 bits per heavy atom. The first-order chi connectivity index (χ1) is 12.6. The van der Waals surface area contributed by atoms with Crippen LogP contribution in [0.25, 0.3) is 0 Å². The molecular weight excluding hydrogens is 405 g/mol. The highest BCUT2D eigenvalue weighted by molar-refractivity contribution is 9.10. The Kier molecular flexibility index (Phi) is 6.18. The van der Waals surface area contributed by atoms with Gasteiger partial charge in [0.25, 0.3) is 5.91 Å². The molecule has 1 aromatic heterocycles. The van der Waals surface area contributed by atoms with Crippen LogP contribution in [0.15, 0.2) is 41.0 Å². The number of hydrogen-bond acceptors (Lipinski definition) is 5. The molecule has 1 fully saturated rings. The molecule has 3 rings (SSSR count). The number of β-amino-alcohol motifs (C(OH)–C–C–N with tert-alkyl or cyclic N) is 1. The lowest BCUT2D eigenvalue weighted by Gasteiger charge is -2.34. The maximum absolute atomic E-state index is 13.2. The van der Waals surface area contributed by atoms with Gasteiger partial charge in [0, 0.05) is 38.9 Å². The van der Waals surface area contributed by atoms with Crippen LogP contribution in [0.1, 0.15) is 10.4 Å². The van der Waals surface area contributed by atoms with Crippen molar-refractivity contribution in [1.82, 2.24) is 14.8 Å². The molecule has 0 spiro atoms. The number of aliphatic hydroxyl groups is 1. The molecule has 1 N–H and O–H groups in total. The summed E-state index contributed by atoms with van der Waals surface area (Å²) >= 11 is 3.25. The minimum atomic E-state index is -0.387. The number of halogens is 2. The van der Waals surface area contributed by atoms with Gasteiger partial charge < -0.3 is 14.7 Å². The lowest BCUT2D eigenvalue weighted by atomic mass is 10.2. The Morgan fingerprint density at radius 1 is 1.27 bits per heavy atom. The summed E-state index contributed by atoms with van der Waals surface area (Å²) in [6, 6.07) is 7.41. The lowest BCUT2D eigenvalue weighted by Crippen LogP contribution is -2.49. The van der Waals surface area contributed by atoms with E-state index in [0.717, 1.165) is 0 Å². The molecule has 1 aliphatic rings. The van der Waals surface area contributed by atoms with Crippen LogP contribution < -0.4 is 4.74 Å². The van der Waals surface area contributed by atoms with E-state index in [1.807, 2.05) is 0 Å². The van der Waals surface area contributed by atoms with Gasteiger partial charge in [0.2, 0.25) is 5.88 Å². The molecule has 6 nitrogen and oxygen atoms in total. The molecule has 0 bridgehead atoms. The van der Waals surface area contributed by atoms with E-state index in [2.05, 4.69) is 25.8 Å². The fourth-order valence-corrected chi connectivity index (χ4v) is 3.22. The van der Waals surface area contributed by atoms with Crippen molar-refractivity contribution in [2.75, 3.05) is 39.3 Å². The predicted molar refractivity (Wildman–Crippen MR) is 97.8 cm³/mol. The van der Waals surface area contributed by atoms with Gasteiger partial charge in [-0.1, -0.05) is 0 Å². The molecule has 1 aliphatic heterocycles. The summed E-state index contributed by atoms with van der Waals surface area (Å²) in [7, 11) is 0. The number of rotatable bonds is 5. The van der Waals surface area contributed by atoms with Crippen LogP contribution >= 0.6 is 15.9 Å². The number of hydrogen-bond donors (Lipinski definition) is 1. The average molecular weight is 424 g/mol. The maximum atomic E-state index is 13.2. The first-order valence-corrected chi connectivity index (χ1v) is 9.08. The standard InChI is InChI=1S/C18H19BrFN3O3/c19-15-12-13(20)3-4-16(15)26-17-14(2-1-5-21-17)18(25)23-8-6-22(7-9-23)10-11-24/h1-5,12,24H,6-11H2. The second-order valence-corrected chi connectivity index (χ2v) is 6.74.